The van der Waals surface area contributed by atoms with E-state index < -0.39 is 0 Å². The molecule has 2 nitrogen and oxygen atoms in total. The molecule has 1 rings (SSSR count). The smallest absolute Gasteiger partial charge is 0.136 e. The van der Waals surface area contributed by atoms with Crippen molar-refractivity contribution in [2.45, 2.75) is 0 Å². The molecule has 0 spiro atoms. The molecule has 0 radical (unpaired) electrons. The standard InChI is InChI=1S/C10H10ClNO/c1-3-9-8(5-7-13-2)4-6-12-10(9)11/h3-7H,1H2,2H3/b7-5+. The second kappa shape index (κ2) is 4.67. The molecule has 0 aromatic carbocycles. The van der Waals surface area contributed by atoms with Gasteiger partial charge in [-0.1, -0.05) is 24.3 Å². The van der Waals surface area contributed by atoms with E-state index in [1.807, 2.05) is 12.1 Å². The molecule has 0 atom stereocenters. The second-order valence-electron chi connectivity index (χ2n) is 2.35. The topological polar surface area (TPSA) is 22.1 Å². The highest BCUT2D eigenvalue weighted by Gasteiger charge is 2.00. The molecule has 0 fully saturated rings. The third-order valence-electron chi connectivity index (χ3n) is 1.56. The van der Waals surface area contributed by atoms with E-state index in [-0.39, 0.29) is 0 Å². The maximum atomic E-state index is 5.85. The molecule has 1 heterocycles. The Labute approximate surface area is 82.5 Å². The molecule has 3 heteroatoms. The Hall–Kier alpha value is -1.28. The van der Waals surface area contributed by atoms with Crippen molar-refractivity contribution in [2.75, 3.05) is 7.11 Å². The van der Waals surface area contributed by atoms with E-state index in [2.05, 4.69) is 11.6 Å². The van der Waals surface area contributed by atoms with E-state index in [0.29, 0.717) is 5.15 Å². The van der Waals surface area contributed by atoms with E-state index in [1.165, 1.54) is 0 Å². The zero-order valence-electron chi connectivity index (χ0n) is 7.33. The van der Waals surface area contributed by atoms with Crippen molar-refractivity contribution in [1.82, 2.24) is 4.98 Å². The fraction of sp³-hybridized carbons (Fsp3) is 0.100. The fourth-order valence-corrected chi connectivity index (χ4v) is 1.19. The van der Waals surface area contributed by atoms with Gasteiger partial charge >= 0.3 is 0 Å². The van der Waals surface area contributed by atoms with Gasteiger partial charge in [0.2, 0.25) is 0 Å². The average molecular weight is 196 g/mol. The molecule has 68 valence electrons. The molecule has 0 amide bonds. The summed E-state index contributed by atoms with van der Waals surface area (Å²) in [5, 5.41) is 0.452. The maximum absolute atomic E-state index is 5.85. The number of hydrogen-bond donors (Lipinski definition) is 0. The van der Waals surface area contributed by atoms with Crippen LogP contribution in [0.5, 0.6) is 0 Å². The predicted molar refractivity (Wildman–Crippen MR) is 55.4 cm³/mol. The fourth-order valence-electron chi connectivity index (χ4n) is 0.950. The third kappa shape index (κ3) is 2.33. The van der Waals surface area contributed by atoms with E-state index in [0.717, 1.165) is 11.1 Å². The summed E-state index contributed by atoms with van der Waals surface area (Å²) in [6, 6.07) is 1.85. The highest BCUT2D eigenvalue weighted by atomic mass is 35.5. The summed E-state index contributed by atoms with van der Waals surface area (Å²) in [5.74, 6) is 0. The van der Waals surface area contributed by atoms with Gasteiger partial charge in [0.25, 0.3) is 0 Å². The van der Waals surface area contributed by atoms with Gasteiger partial charge in [0.1, 0.15) is 5.15 Å². The molecule has 0 aliphatic heterocycles. The van der Waals surface area contributed by atoms with Crippen molar-refractivity contribution in [1.29, 1.82) is 0 Å². The Morgan fingerprint density at radius 3 is 3.00 bits per heavy atom. The first-order valence-electron chi connectivity index (χ1n) is 3.76. The Morgan fingerprint density at radius 1 is 1.62 bits per heavy atom. The molecule has 13 heavy (non-hydrogen) atoms. The largest absolute Gasteiger partial charge is 0.504 e. The first-order valence-corrected chi connectivity index (χ1v) is 4.13. The lowest BCUT2D eigenvalue weighted by Gasteiger charge is -2.01. The average Bonchev–Trinajstić information content (AvgIpc) is 2.15. The van der Waals surface area contributed by atoms with E-state index in [9.17, 15) is 0 Å². The van der Waals surface area contributed by atoms with Crippen LogP contribution in [0.15, 0.2) is 25.1 Å². The normalized spacial score (nSPS) is 10.3. The number of ether oxygens (including phenoxy) is 1. The number of aromatic nitrogens is 1. The minimum atomic E-state index is 0.452. The third-order valence-corrected chi connectivity index (χ3v) is 1.86. The lowest BCUT2D eigenvalue weighted by molar-refractivity contribution is 0.341. The van der Waals surface area contributed by atoms with Crippen LogP contribution < -0.4 is 0 Å². The minimum absolute atomic E-state index is 0.452. The molecule has 0 N–H and O–H groups in total. The first kappa shape index (κ1) is 9.81. The van der Waals surface area contributed by atoms with Gasteiger partial charge in [0.15, 0.2) is 0 Å². The predicted octanol–water partition coefficient (Wildman–Crippen LogP) is 3.00. The maximum Gasteiger partial charge on any atom is 0.136 e. The number of methoxy groups -OCH3 is 1. The number of halogens is 1. The van der Waals surface area contributed by atoms with Crippen LogP contribution in [0, 0.1) is 0 Å². The van der Waals surface area contributed by atoms with Crippen molar-refractivity contribution >= 4 is 23.8 Å². The summed E-state index contributed by atoms with van der Waals surface area (Å²) in [7, 11) is 1.59. The Kier molecular flexibility index (Phi) is 3.53. The van der Waals surface area contributed by atoms with Crippen molar-refractivity contribution < 1.29 is 4.74 Å². The van der Waals surface area contributed by atoms with E-state index >= 15 is 0 Å². The quantitative estimate of drug-likeness (QED) is 0.547. The van der Waals surface area contributed by atoms with Gasteiger partial charge in [0, 0.05) is 11.8 Å². The zero-order chi connectivity index (χ0) is 9.68. The molecular formula is C10H10ClNO. The summed E-state index contributed by atoms with van der Waals surface area (Å²) >= 11 is 5.85. The summed E-state index contributed by atoms with van der Waals surface area (Å²) in [6.07, 6.45) is 6.71. The molecular weight excluding hydrogens is 186 g/mol. The molecule has 1 aromatic rings. The van der Waals surface area contributed by atoms with Crippen LogP contribution in [-0.2, 0) is 4.74 Å². The number of nitrogens with zero attached hydrogens (tertiary/aromatic N) is 1. The molecule has 0 saturated heterocycles. The van der Waals surface area contributed by atoms with Crippen molar-refractivity contribution in [3.63, 3.8) is 0 Å². The first-order chi connectivity index (χ1) is 6.29. The molecule has 0 aliphatic rings. The van der Waals surface area contributed by atoms with Crippen LogP contribution in [-0.4, -0.2) is 12.1 Å². The Balaban J connectivity index is 3.12. The Morgan fingerprint density at radius 2 is 2.38 bits per heavy atom. The summed E-state index contributed by atoms with van der Waals surface area (Å²) < 4.78 is 4.81. The van der Waals surface area contributed by atoms with Crippen LogP contribution in [0.2, 0.25) is 5.15 Å². The molecule has 1 aromatic heterocycles. The summed E-state index contributed by atoms with van der Waals surface area (Å²) in [5.41, 5.74) is 1.76. The van der Waals surface area contributed by atoms with Crippen LogP contribution in [0.1, 0.15) is 11.1 Å². The van der Waals surface area contributed by atoms with Gasteiger partial charge in [-0.15, -0.1) is 0 Å². The van der Waals surface area contributed by atoms with Crippen LogP contribution >= 0.6 is 11.6 Å². The van der Waals surface area contributed by atoms with Gasteiger partial charge in [-0.2, -0.15) is 0 Å². The number of hydrogen-bond acceptors (Lipinski definition) is 2. The van der Waals surface area contributed by atoms with Crippen LogP contribution in [0.4, 0.5) is 0 Å². The highest BCUT2D eigenvalue weighted by Crippen LogP contribution is 2.19. The number of rotatable bonds is 3. The van der Waals surface area contributed by atoms with Gasteiger partial charge in [-0.3, -0.25) is 0 Å². The Bertz CT molecular complexity index is 334. The van der Waals surface area contributed by atoms with Crippen molar-refractivity contribution in [3.8, 4) is 0 Å². The van der Waals surface area contributed by atoms with Crippen LogP contribution in [0.3, 0.4) is 0 Å². The minimum Gasteiger partial charge on any atom is -0.504 e. The summed E-state index contributed by atoms with van der Waals surface area (Å²) in [6.45, 7) is 3.66. The lowest BCUT2D eigenvalue weighted by atomic mass is 10.1. The SMILES string of the molecule is C=Cc1c(/C=C/OC)ccnc1Cl. The summed E-state index contributed by atoms with van der Waals surface area (Å²) in [4.78, 5) is 3.94. The van der Waals surface area contributed by atoms with Crippen LogP contribution in [0.25, 0.3) is 12.2 Å². The molecule has 0 aliphatic carbocycles. The van der Waals surface area contributed by atoms with Crippen molar-refractivity contribution in [2.24, 2.45) is 0 Å². The van der Waals surface area contributed by atoms with Gasteiger partial charge in [0.05, 0.1) is 13.4 Å². The number of pyridine rings is 1. The zero-order valence-corrected chi connectivity index (χ0v) is 8.08. The monoisotopic (exact) mass is 195 g/mol. The second-order valence-corrected chi connectivity index (χ2v) is 2.71. The van der Waals surface area contributed by atoms with Gasteiger partial charge in [-0.25, -0.2) is 4.98 Å². The lowest BCUT2D eigenvalue weighted by Crippen LogP contribution is -1.85. The molecule has 0 unspecified atom stereocenters. The van der Waals surface area contributed by atoms with Gasteiger partial charge < -0.3 is 4.74 Å². The molecule has 0 saturated carbocycles. The van der Waals surface area contributed by atoms with Gasteiger partial charge in [-0.05, 0) is 17.7 Å². The highest BCUT2D eigenvalue weighted by molar-refractivity contribution is 6.31. The van der Waals surface area contributed by atoms with E-state index in [4.69, 9.17) is 16.3 Å². The molecule has 0 bridgehead atoms. The van der Waals surface area contributed by atoms with Crippen molar-refractivity contribution in [3.05, 3.63) is 41.4 Å². The van der Waals surface area contributed by atoms with E-state index in [1.54, 1.807) is 25.6 Å².